The topological polar surface area (TPSA) is 35.2 Å². The largest absolute Gasteiger partial charge is 0.492 e. The molecule has 0 amide bonds. The Balaban J connectivity index is 2.82. The Labute approximate surface area is 86.1 Å². The van der Waals surface area contributed by atoms with Gasteiger partial charge in [-0.05, 0) is 50.5 Å². The third-order valence-corrected chi connectivity index (χ3v) is 2.29. The van der Waals surface area contributed by atoms with Crippen molar-refractivity contribution in [2.45, 2.75) is 33.7 Å². The predicted molar refractivity (Wildman–Crippen MR) is 59.8 cm³/mol. The summed E-state index contributed by atoms with van der Waals surface area (Å²) in [5, 5.41) is 0. The zero-order valence-electron chi connectivity index (χ0n) is 9.42. The van der Waals surface area contributed by atoms with Crippen LogP contribution in [0.1, 0.15) is 23.6 Å². The molecule has 1 rings (SSSR count). The molecular formula is C12H19NO. The second kappa shape index (κ2) is 4.47. The molecule has 1 aromatic rings. The van der Waals surface area contributed by atoms with Gasteiger partial charge in [-0.1, -0.05) is 6.07 Å². The predicted octanol–water partition coefficient (Wildman–Crippen LogP) is 2.34. The fourth-order valence-corrected chi connectivity index (χ4v) is 1.31. The van der Waals surface area contributed by atoms with Crippen LogP contribution in [0.15, 0.2) is 12.1 Å². The van der Waals surface area contributed by atoms with Crippen molar-refractivity contribution in [2.75, 3.05) is 6.61 Å². The van der Waals surface area contributed by atoms with Crippen LogP contribution in [-0.4, -0.2) is 12.6 Å². The van der Waals surface area contributed by atoms with E-state index in [1.807, 2.05) is 6.92 Å². The van der Waals surface area contributed by atoms with Gasteiger partial charge in [-0.15, -0.1) is 0 Å². The SMILES string of the molecule is Cc1cc(C)c(OCC(C)N)cc1C. The molecule has 1 aromatic carbocycles. The van der Waals surface area contributed by atoms with Crippen LogP contribution in [0.25, 0.3) is 0 Å². The minimum absolute atomic E-state index is 0.0796. The quantitative estimate of drug-likeness (QED) is 0.799. The number of nitrogens with two attached hydrogens (primary N) is 1. The third kappa shape index (κ3) is 2.74. The zero-order valence-corrected chi connectivity index (χ0v) is 9.42. The first-order chi connectivity index (χ1) is 6.50. The van der Waals surface area contributed by atoms with Crippen LogP contribution in [0, 0.1) is 20.8 Å². The van der Waals surface area contributed by atoms with Crippen LogP contribution in [0.5, 0.6) is 5.75 Å². The highest BCUT2D eigenvalue weighted by Crippen LogP contribution is 2.22. The van der Waals surface area contributed by atoms with Gasteiger partial charge in [0, 0.05) is 6.04 Å². The summed E-state index contributed by atoms with van der Waals surface area (Å²) >= 11 is 0. The van der Waals surface area contributed by atoms with Crippen LogP contribution >= 0.6 is 0 Å². The molecule has 0 fully saturated rings. The Morgan fingerprint density at radius 1 is 1.14 bits per heavy atom. The van der Waals surface area contributed by atoms with Gasteiger partial charge in [0.1, 0.15) is 12.4 Å². The van der Waals surface area contributed by atoms with E-state index in [9.17, 15) is 0 Å². The van der Waals surface area contributed by atoms with E-state index in [0.717, 1.165) is 5.75 Å². The minimum Gasteiger partial charge on any atom is -0.492 e. The van der Waals surface area contributed by atoms with Gasteiger partial charge in [0.05, 0.1) is 0 Å². The molecule has 2 N–H and O–H groups in total. The van der Waals surface area contributed by atoms with Gasteiger partial charge in [0.15, 0.2) is 0 Å². The number of rotatable bonds is 3. The monoisotopic (exact) mass is 193 g/mol. The Kier molecular flexibility index (Phi) is 3.53. The summed E-state index contributed by atoms with van der Waals surface area (Å²) in [5.74, 6) is 0.949. The summed E-state index contributed by atoms with van der Waals surface area (Å²) in [6.45, 7) is 8.77. The van der Waals surface area contributed by atoms with E-state index < -0.39 is 0 Å². The summed E-state index contributed by atoms with van der Waals surface area (Å²) in [4.78, 5) is 0. The van der Waals surface area contributed by atoms with E-state index in [-0.39, 0.29) is 6.04 Å². The number of aryl methyl sites for hydroxylation is 3. The molecule has 0 saturated carbocycles. The molecule has 0 aliphatic rings. The van der Waals surface area contributed by atoms with Gasteiger partial charge >= 0.3 is 0 Å². The minimum atomic E-state index is 0.0796. The molecule has 2 nitrogen and oxygen atoms in total. The van der Waals surface area contributed by atoms with Gasteiger partial charge in [0.25, 0.3) is 0 Å². The van der Waals surface area contributed by atoms with E-state index in [1.165, 1.54) is 16.7 Å². The molecule has 0 radical (unpaired) electrons. The maximum absolute atomic E-state index is 5.63. The zero-order chi connectivity index (χ0) is 10.7. The lowest BCUT2D eigenvalue weighted by molar-refractivity contribution is 0.294. The Hall–Kier alpha value is -1.02. The first kappa shape index (κ1) is 11.1. The molecule has 0 aliphatic carbocycles. The molecule has 14 heavy (non-hydrogen) atoms. The number of ether oxygens (including phenoxy) is 1. The van der Waals surface area contributed by atoms with Crippen molar-refractivity contribution < 1.29 is 4.74 Å². The van der Waals surface area contributed by atoms with E-state index >= 15 is 0 Å². The highest BCUT2D eigenvalue weighted by Gasteiger charge is 2.03. The van der Waals surface area contributed by atoms with Gasteiger partial charge in [0.2, 0.25) is 0 Å². The molecule has 0 bridgehead atoms. The maximum atomic E-state index is 5.63. The number of hydrogen-bond donors (Lipinski definition) is 1. The first-order valence-electron chi connectivity index (χ1n) is 4.97. The summed E-state index contributed by atoms with van der Waals surface area (Å²) in [6, 6.07) is 4.30. The molecule has 1 atom stereocenters. The Bertz CT molecular complexity index is 318. The van der Waals surface area contributed by atoms with Crippen LogP contribution in [0.3, 0.4) is 0 Å². The summed E-state index contributed by atoms with van der Waals surface area (Å²) in [5.41, 5.74) is 9.37. The molecule has 2 heteroatoms. The van der Waals surface area contributed by atoms with Crippen molar-refractivity contribution in [1.29, 1.82) is 0 Å². The van der Waals surface area contributed by atoms with Crippen molar-refractivity contribution in [3.05, 3.63) is 28.8 Å². The third-order valence-electron chi connectivity index (χ3n) is 2.29. The molecule has 1 unspecified atom stereocenters. The average molecular weight is 193 g/mol. The van der Waals surface area contributed by atoms with E-state index in [1.54, 1.807) is 0 Å². The van der Waals surface area contributed by atoms with Crippen LogP contribution in [0.4, 0.5) is 0 Å². The summed E-state index contributed by atoms with van der Waals surface area (Å²) in [6.07, 6.45) is 0. The second-order valence-corrected chi connectivity index (χ2v) is 3.99. The van der Waals surface area contributed by atoms with Crippen LogP contribution < -0.4 is 10.5 Å². The summed E-state index contributed by atoms with van der Waals surface area (Å²) < 4.78 is 5.61. The average Bonchev–Trinajstić information content (AvgIpc) is 2.09. The standard InChI is InChI=1S/C12H19NO/c1-8-5-10(3)12(6-9(8)2)14-7-11(4)13/h5-6,11H,7,13H2,1-4H3. The maximum Gasteiger partial charge on any atom is 0.122 e. The molecule has 0 aromatic heterocycles. The number of hydrogen-bond acceptors (Lipinski definition) is 2. The summed E-state index contributed by atoms with van der Waals surface area (Å²) in [7, 11) is 0. The molecular weight excluding hydrogens is 174 g/mol. The second-order valence-electron chi connectivity index (χ2n) is 3.99. The first-order valence-corrected chi connectivity index (χ1v) is 4.97. The van der Waals surface area contributed by atoms with Crippen molar-refractivity contribution >= 4 is 0 Å². The lowest BCUT2D eigenvalue weighted by Gasteiger charge is -2.13. The van der Waals surface area contributed by atoms with Gasteiger partial charge in [-0.25, -0.2) is 0 Å². The molecule has 0 saturated heterocycles. The lowest BCUT2D eigenvalue weighted by Crippen LogP contribution is -2.23. The van der Waals surface area contributed by atoms with Crippen molar-refractivity contribution in [3.8, 4) is 5.75 Å². The lowest BCUT2D eigenvalue weighted by atomic mass is 10.1. The van der Waals surface area contributed by atoms with Crippen molar-refractivity contribution in [2.24, 2.45) is 5.73 Å². The number of benzene rings is 1. The Morgan fingerprint density at radius 3 is 2.29 bits per heavy atom. The fraction of sp³-hybridized carbons (Fsp3) is 0.500. The highest BCUT2D eigenvalue weighted by atomic mass is 16.5. The fourth-order valence-electron chi connectivity index (χ4n) is 1.31. The molecule has 78 valence electrons. The molecule has 0 aliphatic heterocycles. The van der Waals surface area contributed by atoms with Crippen LogP contribution in [0.2, 0.25) is 0 Å². The smallest absolute Gasteiger partial charge is 0.122 e. The van der Waals surface area contributed by atoms with Gasteiger partial charge in [-0.2, -0.15) is 0 Å². The van der Waals surface area contributed by atoms with Gasteiger partial charge < -0.3 is 10.5 Å². The van der Waals surface area contributed by atoms with E-state index in [4.69, 9.17) is 10.5 Å². The molecule has 0 spiro atoms. The normalized spacial score (nSPS) is 12.6. The molecule has 0 heterocycles. The van der Waals surface area contributed by atoms with Crippen molar-refractivity contribution in [3.63, 3.8) is 0 Å². The van der Waals surface area contributed by atoms with E-state index in [0.29, 0.717) is 6.61 Å². The Morgan fingerprint density at radius 2 is 1.71 bits per heavy atom. The van der Waals surface area contributed by atoms with Gasteiger partial charge in [-0.3, -0.25) is 0 Å². The van der Waals surface area contributed by atoms with E-state index in [2.05, 4.69) is 32.9 Å². The van der Waals surface area contributed by atoms with Crippen molar-refractivity contribution in [1.82, 2.24) is 0 Å². The highest BCUT2D eigenvalue weighted by molar-refractivity contribution is 5.40. The van der Waals surface area contributed by atoms with Crippen LogP contribution in [-0.2, 0) is 0 Å².